The second-order valence-corrected chi connectivity index (χ2v) is 10.5. The number of hydrogen-bond donors (Lipinski definition) is 2. The maximum Gasteiger partial charge on any atom is 0.642 e. The van der Waals surface area contributed by atoms with E-state index in [4.69, 9.17) is 14.5 Å². The van der Waals surface area contributed by atoms with Gasteiger partial charge < -0.3 is 37.3 Å². The van der Waals surface area contributed by atoms with Crippen molar-refractivity contribution in [2.75, 3.05) is 14.2 Å². The number of aromatic nitrogens is 1. The number of halogens is 2. The van der Waals surface area contributed by atoms with Gasteiger partial charge >= 0.3 is 6.97 Å². The zero-order chi connectivity index (χ0) is 30.6. The van der Waals surface area contributed by atoms with E-state index in [9.17, 15) is 10.2 Å². The SMILES string of the molecule is COc1ccc(C2=[N+]3C(=Nc4c(-c5ccc(O)cc5)cc(-c5ccc(OC)cc5)n4[B-]3(F)F)C(c3ccc(O)cc3)=C2)cc1. The third-order valence-corrected chi connectivity index (χ3v) is 7.98. The first-order valence-corrected chi connectivity index (χ1v) is 13.9. The Bertz CT molecular complexity index is 2000. The molecule has 2 aliphatic heterocycles. The summed E-state index contributed by atoms with van der Waals surface area (Å²) in [6.07, 6.45) is 1.71. The summed E-state index contributed by atoms with van der Waals surface area (Å²) in [6, 6.07) is 28.4. The molecule has 2 aliphatic rings. The number of phenolic OH excluding ortho intramolecular Hbond substituents is 2. The number of allylic oxidation sites excluding steroid dienone is 1. The number of aromatic hydroxyl groups is 2. The van der Waals surface area contributed by atoms with Gasteiger partial charge in [0, 0.05) is 16.8 Å². The van der Waals surface area contributed by atoms with Gasteiger partial charge in [-0.2, -0.15) is 0 Å². The van der Waals surface area contributed by atoms with Gasteiger partial charge in [0.15, 0.2) is 0 Å². The number of amidine groups is 1. The Kier molecular flexibility index (Phi) is 6.35. The second kappa shape index (κ2) is 10.3. The monoisotopic (exact) mass is 589 g/mol. The van der Waals surface area contributed by atoms with Crippen molar-refractivity contribution in [1.29, 1.82) is 0 Å². The second-order valence-electron chi connectivity index (χ2n) is 10.5. The molecule has 0 amide bonds. The molecular formula is C34H26BF2N3O4. The molecule has 1 aromatic heterocycles. The van der Waals surface area contributed by atoms with Crippen LogP contribution in [0.15, 0.2) is 114 Å². The normalized spacial score (nSPS) is 14.9. The van der Waals surface area contributed by atoms with Crippen LogP contribution >= 0.6 is 0 Å². The lowest BCUT2D eigenvalue weighted by atomic mass is 9.90. The van der Waals surface area contributed by atoms with Gasteiger partial charge in [-0.15, -0.1) is 0 Å². The third-order valence-electron chi connectivity index (χ3n) is 7.98. The average molecular weight is 589 g/mol. The first kappa shape index (κ1) is 27.2. The highest BCUT2D eigenvalue weighted by atomic mass is 19.2. The van der Waals surface area contributed by atoms with Crippen molar-refractivity contribution >= 4 is 29.9 Å². The number of fused-ring (bicyclic) bond motifs is 2. The van der Waals surface area contributed by atoms with Crippen LogP contribution in [0.1, 0.15) is 11.1 Å². The predicted octanol–water partition coefficient (Wildman–Crippen LogP) is 7.12. The molecule has 218 valence electrons. The molecule has 0 saturated heterocycles. The van der Waals surface area contributed by atoms with E-state index in [1.807, 2.05) is 0 Å². The van der Waals surface area contributed by atoms with Crippen LogP contribution in [0.4, 0.5) is 14.4 Å². The summed E-state index contributed by atoms with van der Waals surface area (Å²) >= 11 is 0. The molecule has 0 fully saturated rings. The van der Waals surface area contributed by atoms with E-state index in [1.54, 1.807) is 99.2 Å². The molecule has 10 heteroatoms. The molecule has 0 atom stereocenters. The fraction of sp³-hybridized carbons (Fsp3) is 0.0588. The van der Waals surface area contributed by atoms with Gasteiger partial charge in [0.25, 0.3) is 5.84 Å². The molecule has 7 nitrogen and oxygen atoms in total. The van der Waals surface area contributed by atoms with Crippen LogP contribution in [0.3, 0.4) is 0 Å². The van der Waals surface area contributed by atoms with Gasteiger partial charge in [0.2, 0.25) is 5.82 Å². The summed E-state index contributed by atoms with van der Waals surface area (Å²) in [5.41, 5.74) is 3.94. The lowest BCUT2D eigenvalue weighted by Crippen LogP contribution is -2.53. The zero-order valence-electron chi connectivity index (χ0n) is 23.8. The Morgan fingerprint density at radius 1 is 0.682 bits per heavy atom. The first-order chi connectivity index (χ1) is 21.3. The molecule has 44 heavy (non-hydrogen) atoms. The average Bonchev–Trinajstić information content (AvgIpc) is 3.63. The van der Waals surface area contributed by atoms with Crippen molar-refractivity contribution in [3.05, 3.63) is 120 Å². The molecule has 4 aromatic carbocycles. The van der Waals surface area contributed by atoms with E-state index in [1.165, 1.54) is 24.3 Å². The largest absolute Gasteiger partial charge is 0.642 e. The molecule has 0 unspecified atom stereocenters. The Labute approximate surface area is 252 Å². The zero-order valence-corrected chi connectivity index (χ0v) is 23.8. The smallest absolute Gasteiger partial charge is 0.508 e. The lowest BCUT2D eigenvalue weighted by molar-refractivity contribution is -0.291. The van der Waals surface area contributed by atoms with Gasteiger partial charge in [-0.05, 0) is 107 Å². The summed E-state index contributed by atoms with van der Waals surface area (Å²) in [4.78, 5) is 4.95. The van der Waals surface area contributed by atoms with Gasteiger partial charge in [-0.3, -0.25) is 0 Å². The van der Waals surface area contributed by atoms with E-state index in [-0.39, 0.29) is 34.6 Å². The highest BCUT2D eigenvalue weighted by molar-refractivity contribution is 6.63. The lowest BCUT2D eigenvalue weighted by Gasteiger charge is -2.32. The number of benzene rings is 4. The van der Waals surface area contributed by atoms with E-state index in [0.717, 1.165) is 8.96 Å². The molecule has 3 heterocycles. The predicted molar refractivity (Wildman–Crippen MR) is 167 cm³/mol. The molecular weight excluding hydrogens is 563 g/mol. The van der Waals surface area contributed by atoms with E-state index >= 15 is 8.63 Å². The van der Waals surface area contributed by atoms with E-state index in [0.29, 0.717) is 44.9 Å². The van der Waals surface area contributed by atoms with Gasteiger partial charge in [0.1, 0.15) is 23.0 Å². The minimum absolute atomic E-state index is 0.0660. The van der Waals surface area contributed by atoms with Crippen LogP contribution in [0.25, 0.3) is 28.0 Å². The molecule has 5 aromatic rings. The van der Waals surface area contributed by atoms with E-state index in [2.05, 4.69) is 0 Å². The summed E-state index contributed by atoms with van der Waals surface area (Å²) < 4.78 is 47.4. The Morgan fingerprint density at radius 3 is 1.73 bits per heavy atom. The summed E-state index contributed by atoms with van der Waals surface area (Å²) in [6.45, 7) is -4.50. The van der Waals surface area contributed by atoms with Crippen LogP contribution in [0.5, 0.6) is 23.0 Å². The van der Waals surface area contributed by atoms with Crippen molar-refractivity contribution in [2.45, 2.75) is 0 Å². The number of methoxy groups -OCH3 is 2. The van der Waals surface area contributed by atoms with Gasteiger partial charge in [0.05, 0.1) is 25.5 Å². The molecule has 7 rings (SSSR count). The van der Waals surface area contributed by atoms with Crippen LogP contribution in [0, 0.1) is 0 Å². The fourth-order valence-electron chi connectivity index (χ4n) is 5.78. The number of nitrogens with zero attached hydrogens (tertiary/aromatic N) is 3. The van der Waals surface area contributed by atoms with Crippen molar-refractivity contribution < 1.29 is 32.8 Å². The Morgan fingerprint density at radius 2 is 1.18 bits per heavy atom. The number of phenols is 2. The fourth-order valence-corrected chi connectivity index (χ4v) is 5.78. The highest BCUT2D eigenvalue weighted by Gasteiger charge is 2.53. The summed E-state index contributed by atoms with van der Waals surface area (Å²) in [5, 5.41) is 19.9. The molecule has 0 bridgehead atoms. The number of aliphatic imine (C=N–C) groups is 1. The molecule has 0 aliphatic carbocycles. The van der Waals surface area contributed by atoms with Crippen LogP contribution < -0.4 is 9.47 Å². The summed E-state index contributed by atoms with van der Waals surface area (Å²) in [5.74, 6) is 1.53. The first-order valence-electron chi connectivity index (χ1n) is 13.9. The maximum absolute atomic E-state index is 17.4. The van der Waals surface area contributed by atoms with E-state index < -0.39 is 6.97 Å². The van der Waals surface area contributed by atoms with Crippen LogP contribution in [0.2, 0.25) is 0 Å². The maximum atomic E-state index is 17.4. The molecule has 2 N–H and O–H groups in total. The molecule has 0 saturated carbocycles. The molecule has 0 radical (unpaired) electrons. The summed E-state index contributed by atoms with van der Waals surface area (Å²) in [7, 11) is 3.10. The number of ether oxygens (including phenoxy) is 2. The van der Waals surface area contributed by atoms with Gasteiger partial charge in [-0.25, -0.2) is 0 Å². The highest BCUT2D eigenvalue weighted by Crippen LogP contribution is 2.46. The van der Waals surface area contributed by atoms with Crippen molar-refractivity contribution in [3.63, 3.8) is 0 Å². The topological polar surface area (TPSA) is 79.2 Å². The van der Waals surface area contributed by atoms with Crippen molar-refractivity contribution in [1.82, 2.24) is 4.48 Å². The third kappa shape index (κ3) is 4.34. The van der Waals surface area contributed by atoms with Crippen molar-refractivity contribution in [3.8, 4) is 45.4 Å². The Balaban J connectivity index is 1.53. The minimum Gasteiger partial charge on any atom is -0.508 e. The number of rotatable bonds is 6. The van der Waals surface area contributed by atoms with Crippen LogP contribution in [-0.4, -0.2) is 51.9 Å². The number of hydrogen-bond acceptors (Lipinski definition) is 5. The molecule has 0 spiro atoms. The van der Waals surface area contributed by atoms with Crippen molar-refractivity contribution in [2.24, 2.45) is 4.99 Å². The standard InChI is InChI=1S/C34H26BF2N3O4/c1-43-27-15-7-23(8-16-27)31-19-29(21-3-11-25(41)12-4-21)33-38-34-30(22-5-13-26(42)14-6-22)20-32(40(34)35(36,37)39(31)33)24-9-17-28(44-2)18-10-24/h3-20,41-42H,1-2H3. The van der Waals surface area contributed by atoms with Crippen LogP contribution in [-0.2, 0) is 0 Å². The minimum atomic E-state index is -4.50. The van der Waals surface area contributed by atoms with Gasteiger partial charge in [-0.1, -0.05) is 24.3 Å². The Hall–Kier alpha value is -5.64. The quantitative estimate of drug-likeness (QED) is 0.207.